The van der Waals surface area contributed by atoms with E-state index in [1.54, 1.807) is 19.2 Å². The summed E-state index contributed by atoms with van der Waals surface area (Å²) in [5, 5.41) is 0.650. The predicted molar refractivity (Wildman–Crippen MR) is 112 cm³/mol. The zero-order chi connectivity index (χ0) is 20.3. The molecule has 2 aromatic rings. The molecule has 150 valence electrons. The number of halogens is 1. The molecule has 0 atom stereocenters. The Morgan fingerprint density at radius 1 is 1.18 bits per heavy atom. The van der Waals surface area contributed by atoms with Gasteiger partial charge in [-0.05, 0) is 37.1 Å². The number of aromatic nitrogens is 2. The zero-order valence-electron chi connectivity index (χ0n) is 17.0. The number of nitrogens with zero attached hydrogens (tertiary/aromatic N) is 3. The van der Waals surface area contributed by atoms with E-state index in [1.165, 1.54) is 0 Å². The largest absolute Gasteiger partial charge is 0.378 e. The Morgan fingerprint density at radius 3 is 2.39 bits per heavy atom. The first-order valence-electron chi connectivity index (χ1n) is 9.70. The third-order valence-electron chi connectivity index (χ3n) is 5.05. The maximum atomic E-state index is 12.8. The van der Waals surface area contributed by atoms with Gasteiger partial charge in [-0.3, -0.25) is 4.79 Å². The minimum atomic E-state index is -0.138. The second-order valence-corrected chi connectivity index (χ2v) is 8.79. The Labute approximate surface area is 172 Å². The van der Waals surface area contributed by atoms with Crippen molar-refractivity contribution in [2.75, 3.05) is 25.1 Å². The molecule has 0 aliphatic carbocycles. The first-order chi connectivity index (χ1) is 13.3. The fourth-order valence-electron chi connectivity index (χ4n) is 3.42. The molecule has 1 aromatic heterocycles. The fourth-order valence-corrected chi connectivity index (χ4v) is 3.55. The Kier molecular flexibility index (Phi) is 6.36. The number of carbonyl (C=O) groups excluding carboxylic acids is 1. The monoisotopic (exact) mass is 401 g/mol. The van der Waals surface area contributed by atoms with Crippen molar-refractivity contribution in [2.24, 2.45) is 5.92 Å². The Balaban J connectivity index is 1.73. The average molecular weight is 402 g/mol. The van der Waals surface area contributed by atoms with E-state index < -0.39 is 0 Å². The molecule has 1 aliphatic heterocycles. The highest BCUT2D eigenvalue weighted by molar-refractivity contribution is 6.30. The topological polar surface area (TPSA) is 55.3 Å². The lowest BCUT2D eigenvalue weighted by Gasteiger charge is -2.33. The molecule has 2 heterocycles. The summed E-state index contributed by atoms with van der Waals surface area (Å²) in [5.41, 5.74) is 1.49. The van der Waals surface area contributed by atoms with Gasteiger partial charge in [0.05, 0.1) is 12.3 Å². The molecule has 0 unspecified atom stereocenters. The van der Waals surface area contributed by atoms with Gasteiger partial charge in [0.25, 0.3) is 0 Å². The van der Waals surface area contributed by atoms with Crippen LogP contribution in [0.5, 0.6) is 0 Å². The van der Waals surface area contributed by atoms with Crippen molar-refractivity contribution < 1.29 is 9.53 Å². The van der Waals surface area contributed by atoms with E-state index >= 15 is 0 Å². The van der Waals surface area contributed by atoms with Crippen LogP contribution in [0.25, 0.3) is 0 Å². The Hall–Kier alpha value is -1.98. The second-order valence-electron chi connectivity index (χ2n) is 8.36. The second kappa shape index (κ2) is 8.58. The quantitative estimate of drug-likeness (QED) is 0.681. The zero-order valence-corrected chi connectivity index (χ0v) is 17.8. The highest BCUT2D eigenvalue weighted by Crippen LogP contribution is 2.28. The lowest BCUT2D eigenvalue weighted by molar-refractivity contribution is 0.0900. The number of anilines is 1. The van der Waals surface area contributed by atoms with Crippen LogP contribution in [0.3, 0.4) is 0 Å². The summed E-state index contributed by atoms with van der Waals surface area (Å²) in [4.78, 5) is 24.5. The van der Waals surface area contributed by atoms with Crippen LogP contribution in [0.2, 0.25) is 5.02 Å². The summed E-state index contributed by atoms with van der Waals surface area (Å²) in [6.07, 6.45) is 1.63. The normalized spacial score (nSPS) is 15.7. The number of piperidine rings is 1. The highest BCUT2D eigenvalue weighted by Gasteiger charge is 2.28. The van der Waals surface area contributed by atoms with Gasteiger partial charge >= 0.3 is 0 Å². The van der Waals surface area contributed by atoms with Crippen molar-refractivity contribution in [1.29, 1.82) is 0 Å². The number of carbonyl (C=O) groups is 1. The van der Waals surface area contributed by atoms with Crippen molar-refractivity contribution in [3.63, 3.8) is 0 Å². The number of hydrogen-bond donors (Lipinski definition) is 0. The molecule has 6 heteroatoms. The predicted octanol–water partition coefficient (Wildman–Crippen LogP) is 4.67. The van der Waals surface area contributed by atoms with Gasteiger partial charge in [0, 0.05) is 48.2 Å². The summed E-state index contributed by atoms with van der Waals surface area (Å²) >= 11 is 5.93. The molecule has 28 heavy (non-hydrogen) atoms. The molecule has 1 aromatic carbocycles. The third kappa shape index (κ3) is 4.89. The summed E-state index contributed by atoms with van der Waals surface area (Å²) < 4.78 is 5.28. The van der Waals surface area contributed by atoms with Crippen LogP contribution in [-0.4, -0.2) is 36.0 Å². The summed E-state index contributed by atoms with van der Waals surface area (Å²) in [5.74, 6) is 1.98. The average Bonchev–Trinajstić information content (AvgIpc) is 2.67. The number of hydrogen-bond acceptors (Lipinski definition) is 5. The van der Waals surface area contributed by atoms with Crippen molar-refractivity contribution in [3.8, 4) is 0 Å². The minimum Gasteiger partial charge on any atom is -0.378 e. The van der Waals surface area contributed by atoms with E-state index in [0.717, 1.165) is 48.8 Å². The van der Waals surface area contributed by atoms with Gasteiger partial charge in [-0.15, -0.1) is 0 Å². The van der Waals surface area contributed by atoms with Gasteiger partial charge in [-0.2, -0.15) is 0 Å². The summed E-state index contributed by atoms with van der Waals surface area (Å²) in [6.45, 7) is 8.40. The van der Waals surface area contributed by atoms with Gasteiger partial charge in [0.2, 0.25) is 0 Å². The SMILES string of the molecule is COCc1cc(N2CCC(C(=O)c3ccc(Cl)cc3)CC2)nc(C(C)(C)C)n1. The molecule has 0 saturated carbocycles. The van der Waals surface area contributed by atoms with Crippen molar-refractivity contribution in [3.05, 3.63) is 52.4 Å². The van der Waals surface area contributed by atoms with Gasteiger partial charge in [-0.25, -0.2) is 9.97 Å². The maximum absolute atomic E-state index is 12.8. The smallest absolute Gasteiger partial charge is 0.166 e. The van der Waals surface area contributed by atoms with E-state index in [2.05, 4.69) is 30.7 Å². The molecule has 1 saturated heterocycles. The molecular weight excluding hydrogens is 374 g/mol. The Bertz CT molecular complexity index is 823. The standard InChI is InChI=1S/C22H28ClN3O2/c1-22(2,3)21-24-18(14-28-4)13-19(25-21)26-11-9-16(10-12-26)20(27)15-5-7-17(23)8-6-15/h5-8,13,16H,9-12,14H2,1-4H3. The van der Waals surface area contributed by atoms with Crippen LogP contribution < -0.4 is 4.90 Å². The highest BCUT2D eigenvalue weighted by atomic mass is 35.5. The molecule has 3 rings (SSSR count). The molecular formula is C22H28ClN3O2. The molecule has 1 fully saturated rings. The molecule has 0 amide bonds. The first-order valence-corrected chi connectivity index (χ1v) is 10.1. The number of benzene rings is 1. The van der Waals surface area contributed by atoms with E-state index in [9.17, 15) is 4.79 Å². The van der Waals surface area contributed by atoms with Crippen LogP contribution in [0, 0.1) is 5.92 Å². The first kappa shape index (κ1) is 20.7. The Morgan fingerprint density at radius 2 is 1.82 bits per heavy atom. The number of ketones is 1. The third-order valence-corrected chi connectivity index (χ3v) is 5.30. The number of rotatable bonds is 5. The van der Waals surface area contributed by atoms with E-state index in [0.29, 0.717) is 11.6 Å². The molecule has 0 spiro atoms. The molecule has 0 radical (unpaired) electrons. The van der Waals surface area contributed by atoms with Crippen LogP contribution in [0.1, 0.15) is 55.5 Å². The number of ether oxygens (including phenoxy) is 1. The fraction of sp³-hybridized carbons (Fsp3) is 0.500. The van der Waals surface area contributed by atoms with Crippen molar-refractivity contribution in [1.82, 2.24) is 9.97 Å². The van der Waals surface area contributed by atoms with Crippen molar-refractivity contribution in [2.45, 2.75) is 45.6 Å². The lowest BCUT2D eigenvalue weighted by Crippen LogP contribution is -2.37. The van der Waals surface area contributed by atoms with Gasteiger partial charge in [0.15, 0.2) is 5.78 Å². The van der Waals surface area contributed by atoms with Crippen LogP contribution in [0.4, 0.5) is 5.82 Å². The summed E-state index contributed by atoms with van der Waals surface area (Å²) in [7, 11) is 1.67. The van der Waals surface area contributed by atoms with Gasteiger partial charge < -0.3 is 9.64 Å². The molecule has 5 nitrogen and oxygen atoms in total. The molecule has 0 bridgehead atoms. The van der Waals surface area contributed by atoms with Crippen molar-refractivity contribution >= 4 is 23.2 Å². The summed E-state index contributed by atoms with van der Waals surface area (Å²) in [6, 6.07) is 9.18. The van der Waals surface area contributed by atoms with Gasteiger partial charge in [-0.1, -0.05) is 32.4 Å². The maximum Gasteiger partial charge on any atom is 0.166 e. The molecule has 0 N–H and O–H groups in total. The number of Topliss-reactive ketones (excluding diaryl/α,β-unsaturated/α-hetero) is 1. The lowest BCUT2D eigenvalue weighted by atomic mass is 9.89. The van der Waals surface area contributed by atoms with Crippen LogP contribution in [-0.2, 0) is 16.8 Å². The minimum absolute atomic E-state index is 0.0415. The van der Waals surface area contributed by atoms with Crippen LogP contribution in [0.15, 0.2) is 30.3 Å². The van der Waals surface area contributed by atoms with Gasteiger partial charge in [0.1, 0.15) is 11.6 Å². The number of methoxy groups -OCH3 is 1. The van der Waals surface area contributed by atoms with E-state index in [4.69, 9.17) is 21.3 Å². The molecule has 1 aliphatic rings. The van der Waals surface area contributed by atoms with Crippen LogP contribution >= 0.6 is 11.6 Å². The van der Waals surface area contributed by atoms with E-state index in [1.807, 2.05) is 18.2 Å². The van der Waals surface area contributed by atoms with E-state index in [-0.39, 0.29) is 17.1 Å².